The molecule has 1 N–H and O–H groups in total. The summed E-state index contributed by atoms with van der Waals surface area (Å²) < 4.78 is 123. The van der Waals surface area contributed by atoms with Gasteiger partial charge in [-0.05, 0) is 49.6 Å². The van der Waals surface area contributed by atoms with Crippen LogP contribution >= 0.6 is 11.6 Å². The number of alkyl halides is 6. The standard InChI is InChI=1S/C31H25ClF8N8O2/c1-14(27-42-22-9-23(26-44-29(46-45-26)31(38,39)40)41-10-25(22)48(27)11-17-3-5-49-17)47-4-2-15-6-19(30(35,36)37)28(43-24(15)12-47)50-13-18-20(33)7-16(32)8-21(18)34/h6-10,14,17H,2-5,11-13H2,1H3,(H,44,45,46)/t14?,17-/m0/s1. The first kappa shape index (κ1) is 34.0. The van der Waals surface area contributed by atoms with Crippen molar-refractivity contribution in [1.82, 2.24) is 39.6 Å². The van der Waals surface area contributed by atoms with Crippen molar-refractivity contribution < 1.29 is 44.6 Å². The first-order valence-electron chi connectivity index (χ1n) is 15.2. The zero-order chi connectivity index (χ0) is 35.5. The first-order valence-corrected chi connectivity index (χ1v) is 15.6. The minimum atomic E-state index is -4.86. The van der Waals surface area contributed by atoms with Gasteiger partial charge < -0.3 is 14.0 Å². The molecule has 5 aromatic rings. The van der Waals surface area contributed by atoms with Gasteiger partial charge in [-0.25, -0.2) is 23.7 Å². The number of rotatable bonds is 8. The highest BCUT2D eigenvalue weighted by Crippen LogP contribution is 2.39. The summed E-state index contributed by atoms with van der Waals surface area (Å²) in [6.45, 7) is 2.41. The molecule has 6 heterocycles. The minimum Gasteiger partial charge on any atom is -0.472 e. The van der Waals surface area contributed by atoms with Crippen molar-refractivity contribution in [3.63, 3.8) is 0 Å². The molecule has 0 spiro atoms. The van der Waals surface area contributed by atoms with Gasteiger partial charge in [-0.1, -0.05) is 11.6 Å². The molecule has 2 aliphatic heterocycles. The summed E-state index contributed by atoms with van der Waals surface area (Å²) in [4.78, 5) is 18.8. The number of benzene rings is 1. The molecule has 50 heavy (non-hydrogen) atoms. The lowest BCUT2D eigenvalue weighted by atomic mass is 10.0. The lowest BCUT2D eigenvalue weighted by molar-refractivity contribution is -0.144. The highest BCUT2D eigenvalue weighted by molar-refractivity contribution is 6.30. The number of pyridine rings is 2. The second kappa shape index (κ2) is 12.7. The van der Waals surface area contributed by atoms with E-state index in [4.69, 9.17) is 26.1 Å². The number of ether oxygens (including phenoxy) is 2. The predicted molar refractivity (Wildman–Crippen MR) is 160 cm³/mol. The summed E-state index contributed by atoms with van der Waals surface area (Å²) in [7, 11) is 0. The van der Waals surface area contributed by atoms with E-state index in [1.807, 2.05) is 21.5 Å². The van der Waals surface area contributed by atoms with Gasteiger partial charge in [0.15, 0.2) is 5.82 Å². The third-order valence-electron chi connectivity index (χ3n) is 8.69. The molecule has 0 aliphatic carbocycles. The van der Waals surface area contributed by atoms with Gasteiger partial charge in [-0.15, -0.1) is 0 Å². The van der Waals surface area contributed by atoms with Crippen LogP contribution in [0.5, 0.6) is 5.88 Å². The topological polar surface area (TPSA) is 107 Å². The molecule has 1 saturated heterocycles. The maximum Gasteiger partial charge on any atom is 0.451 e. The lowest BCUT2D eigenvalue weighted by Gasteiger charge is -2.34. The quantitative estimate of drug-likeness (QED) is 0.169. The van der Waals surface area contributed by atoms with E-state index in [2.05, 4.69) is 20.1 Å². The van der Waals surface area contributed by atoms with Gasteiger partial charge in [-0.2, -0.15) is 31.4 Å². The third kappa shape index (κ3) is 6.58. The Labute approximate surface area is 282 Å². The Bertz CT molecular complexity index is 2060. The van der Waals surface area contributed by atoms with Gasteiger partial charge in [0.25, 0.3) is 0 Å². The SMILES string of the molecule is CC(c1nc2cc(-c3n[nH]c(C(F)(F)F)n3)ncc2n1C[C@@H]1CCO1)N1CCc2cc(C(F)(F)F)c(OCc3c(F)cc(Cl)cc3F)nc2C1. The molecule has 19 heteroatoms. The van der Waals surface area contributed by atoms with Crippen molar-refractivity contribution in [2.45, 2.75) is 64.0 Å². The highest BCUT2D eigenvalue weighted by atomic mass is 35.5. The van der Waals surface area contributed by atoms with E-state index in [0.717, 1.165) is 24.6 Å². The van der Waals surface area contributed by atoms with Gasteiger partial charge in [0, 0.05) is 24.7 Å². The van der Waals surface area contributed by atoms with Crippen LogP contribution in [0.1, 0.15) is 53.4 Å². The van der Waals surface area contributed by atoms with Crippen molar-refractivity contribution in [2.24, 2.45) is 0 Å². The maximum atomic E-state index is 14.4. The number of halogens is 9. The fourth-order valence-electron chi connectivity index (χ4n) is 5.93. The monoisotopic (exact) mass is 728 g/mol. The van der Waals surface area contributed by atoms with E-state index in [1.54, 1.807) is 0 Å². The molecule has 0 radical (unpaired) electrons. The molecule has 1 aromatic carbocycles. The molecular formula is C31H25ClF8N8O2. The van der Waals surface area contributed by atoms with Gasteiger partial charge in [0.05, 0.1) is 47.2 Å². The van der Waals surface area contributed by atoms with Crippen LogP contribution in [0.25, 0.3) is 22.6 Å². The van der Waals surface area contributed by atoms with Crippen molar-refractivity contribution in [1.29, 1.82) is 0 Å². The fraction of sp³-hybridized carbons (Fsp3) is 0.387. The number of nitrogens with zero attached hydrogens (tertiary/aromatic N) is 7. The number of hydrogen-bond acceptors (Lipinski definition) is 8. The van der Waals surface area contributed by atoms with Crippen LogP contribution in [-0.2, 0) is 43.2 Å². The average molecular weight is 729 g/mol. The Balaban J connectivity index is 1.19. The largest absolute Gasteiger partial charge is 0.472 e. The van der Waals surface area contributed by atoms with Gasteiger partial charge in [-0.3, -0.25) is 15.0 Å². The molecule has 2 atom stereocenters. The van der Waals surface area contributed by atoms with Crippen LogP contribution in [0.15, 0.2) is 30.5 Å². The number of aromatic amines is 1. The molecule has 1 unspecified atom stereocenters. The number of aromatic nitrogens is 7. The number of H-pyrrole nitrogens is 1. The smallest absolute Gasteiger partial charge is 0.451 e. The van der Waals surface area contributed by atoms with E-state index in [1.165, 1.54) is 12.3 Å². The Morgan fingerprint density at radius 1 is 1.04 bits per heavy atom. The van der Waals surface area contributed by atoms with E-state index >= 15 is 0 Å². The van der Waals surface area contributed by atoms with E-state index in [9.17, 15) is 35.1 Å². The zero-order valence-electron chi connectivity index (χ0n) is 25.8. The van der Waals surface area contributed by atoms with Crippen molar-refractivity contribution in [2.75, 3.05) is 13.2 Å². The van der Waals surface area contributed by atoms with Crippen LogP contribution in [-0.4, -0.2) is 58.9 Å². The van der Waals surface area contributed by atoms with Crippen LogP contribution < -0.4 is 4.74 Å². The Kier molecular flexibility index (Phi) is 8.66. The van der Waals surface area contributed by atoms with Crippen molar-refractivity contribution in [3.8, 4) is 17.4 Å². The normalized spacial score (nSPS) is 17.5. The first-order chi connectivity index (χ1) is 23.7. The minimum absolute atomic E-state index is 0.0652. The molecular weight excluding hydrogens is 704 g/mol. The number of hydrogen-bond donors (Lipinski definition) is 1. The van der Waals surface area contributed by atoms with E-state index < -0.39 is 59.5 Å². The van der Waals surface area contributed by atoms with Crippen molar-refractivity contribution >= 4 is 22.6 Å². The Morgan fingerprint density at radius 2 is 1.78 bits per heavy atom. The maximum absolute atomic E-state index is 14.4. The van der Waals surface area contributed by atoms with Crippen LogP contribution in [0.2, 0.25) is 5.02 Å². The Hall–Kier alpha value is -4.42. The predicted octanol–water partition coefficient (Wildman–Crippen LogP) is 7.07. The average Bonchev–Trinajstić information content (AvgIpc) is 3.66. The summed E-state index contributed by atoms with van der Waals surface area (Å²) in [5, 5.41) is 5.29. The third-order valence-corrected chi connectivity index (χ3v) is 8.91. The summed E-state index contributed by atoms with van der Waals surface area (Å²) in [6.07, 6.45) is -7.23. The Morgan fingerprint density at radius 3 is 2.42 bits per heavy atom. The number of imidazole rings is 1. The molecule has 7 rings (SSSR count). The number of fused-ring (bicyclic) bond motifs is 2. The summed E-state index contributed by atoms with van der Waals surface area (Å²) in [5.74, 6) is -3.96. The van der Waals surface area contributed by atoms with Gasteiger partial charge in [0.2, 0.25) is 11.7 Å². The summed E-state index contributed by atoms with van der Waals surface area (Å²) >= 11 is 5.66. The van der Waals surface area contributed by atoms with Gasteiger partial charge in [0.1, 0.15) is 35.3 Å². The van der Waals surface area contributed by atoms with Crippen LogP contribution in [0, 0.1) is 11.6 Å². The molecule has 2 aliphatic rings. The van der Waals surface area contributed by atoms with Crippen LogP contribution in [0.4, 0.5) is 35.1 Å². The van der Waals surface area contributed by atoms with E-state index in [0.29, 0.717) is 42.1 Å². The molecule has 0 saturated carbocycles. The highest BCUT2D eigenvalue weighted by Gasteiger charge is 2.39. The second-order valence-corrected chi connectivity index (χ2v) is 12.3. The van der Waals surface area contributed by atoms with E-state index in [-0.39, 0.29) is 41.3 Å². The van der Waals surface area contributed by atoms with Gasteiger partial charge >= 0.3 is 12.4 Å². The fourth-order valence-corrected chi connectivity index (χ4v) is 6.12. The van der Waals surface area contributed by atoms with Crippen molar-refractivity contribution in [3.05, 3.63) is 81.2 Å². The molecule has 264 valence electrons. The molecule has 0 amide bonds. The zero-order valence-corrected chi connectivity index (χ0v) is 26.6. The molecule has 0 bridgehead atoms. The molecule has 10 nitrogen and oxygen atoms in total. The summed E-state index contributed by atoms with van der Waals surface area (Å²) in [5.41, 5.74) is -0.0952. The lowest BCUT2D eigenvalue weighted by Crippen LogP contribution is -2.36. The second-order valence-electron chi connectivity index (χ2n) is 11.9. The van der Waals surface area contributed by atoms with Crippen LogP contribution in [0.3, 0.4) is 0 Å². The summed E-state index contributed by atoms with van der Waals surface area (Å²) in [6, 6.07) is 3.64. The molecule has 1 fully saturated rings. The number of nitrogens with one attached hydrogen (secondary N) is 1. The molecule has 4 aromatic heterocycles.